The van der Waals surface area contributed by atoms with Gasteiger partial charge in [-0.2, -0.15) is 0 Å². The first-order valence-electron chi connectivity index (χ1n) is 18.8. The van der Waals surface area contributed by atoms with E-state index in [0.29, 0.717) is 26.3 Å². The number of carbonyl (C=O) groups is 1. The van der Waals surface area contributed by atoms with E-state index < -0.39 is 11.2 Å². The lowest BCUT2D eigenvalue weighted by Crippen LogP contribution is -2.48. The number of carbonyl (C=O) groups excluding carboxylic acids is 1. The Kier molecular flexibility index (Phi) is 11.0. The molecule has 53 heavy (non-hydrogen) atoms. The number of ether oxygens (including phenoxy) is 3. The van der Waals surface area contributed by atoms with Gasteiger partial charge in [-0.15, -0.1) is 0 Å². The molecule has 2 unspecified atom stereocenters. The lowest BCUT2D eigenvalue weighted by Gasteiger charge is -2.39. The Bertz CT molecular complexity index is 1980. The number of nitrogens with zero attached hydrogens (tertiary/aromatic N) is 1. The molecule has 5 heteroatoms. The summed E-state index contributed by atoms with van der Waals surface area (Å²) in [5.74, 6) is 0.140. The van der Waals surface area contributed by atoms with Gasteiger partial charge in [0.05, 0.1) is 25.9 Å². The summed E-state index contributed by atoms with van der Waals surface area (Å²) in [7, 11) is 0. The number of hydrogen-bond acceptors (Lipinski definition) is 4. The van der Waals surface area contributed by atoms with E-state index >= 15 is 0 Å². The molecule has 7 rings (SSSR count). The summed E-state index contributed by atoms with van der Waals surface area (Å²) in [6.07, 6.45) is 1.08. The van der Waals surface area contributed by atoms with E-state index in [1.54, 1.807) is 4.90 Å². The fourth-order valence-electron chi connectivity index (χ4n) is 7.51. The first-order chi connectivity index (χ1) is 25.8. The highest BCUT2D eigenvalue weighted by atomic mass is 16.6. The second-order valence-corrected chi connectivity index (χ2v) is 15.0. The van der Waals surface area contributed by atoms with Crippen molar-refractivity contribution in [2.45, 2.75) is 63.4 Å². The van der Waals surface area contributed by atoms with Crippen molar-refractivity contribution >= 4 is 16.9 Å². The lowest BCUT2D eigenvalue weighted by atomic mass is 9.80. The van der Waals surface area contributed by atoms with Gasteiger partial charge in [0, 0.05) is 12.5 Å². The maximum Gasteiger partial charge on any atom is 0.410 e. The molecule has 0 bridgehead atoms. The van der Waals surface area contributed by atoms with Crippen molar-refractivity contribution in [3.63, 3.8) is 0 Å². The minimum atomic E-state index is -0.749. The third-order valence-corrected chi connectivity index (χ3v) is 10.1. The number of fused-ring (bicyclic) bond motifs is 1. The van der Waals surface area contributed by atoms with Crippen LogP contribution in [0.5, 0.6) is 0 Å². The van der Waals surface area contributed by atoms with E-state index in [1.165, 1.54) is 21.9 Å². The summed E-state index contributed by atoms with van der Waals surface area (Å²) < 4.78 is 19.5. The van der Waals surface area contributed by atoms with E-state index in [2.05, 4.69) is 140 Å². The van der Waals surface area contributed by atoms with Gasteiger partial charge in [-0.25, -0.2) is 4.79 Å². The Labute approximate surface area is 314 Å². The SMILES string of the molecule is CC(C)(C)OC(=O)N1CCC(c2ccc(CCOC(c3ccccc3)(c3ccccc3)c3ccccc3)cc2)C(OCc2ccc3ccccc3c2)C1. The molecule has 1 amide bonds. The molecular formula is C48H49NO4. The van der Waals surface area contributed by atoms with E-state index in [4.69, 9.17) is 14.2 Å². The number of piperidine rings is 1. The summed E-state index contributed by atoms with van der Waals surface area (Å²) in [6, 6.07) is 55.3. The quantitative estimate of drug-likeness (QED) is 0.126. The molecule has 0 aromatic heterocycles. The molecule has 1 aliphatic heterocycles. The number of hydrogen-bond donors (Lipinski definition) is 0. The molecule has 1 saturated heterocycles. The Morgan fingerprint density at radius 2 is 1.21 bits per heavy atom. The predicted octanol–water partition coefficient (Wildman–Crippen LogP) is 10.7. The highest BCUT2D eigenvalue weighted by Crippen LogP contribution is 2.40. The standard InChI is InChI=1S/C48H49NO4/c1-47(2,3)53-46(50)49-31-29-44(45(34-49)51-35-37-25-26-38-15-13-14-16-40(38)33-37)39-27-23-36(24-28-39)30-32-52-48(41-17-7-4-8-18-41,42-19-9-5-10-20-42)43-21-11-6-12-22-43/h4-28,33,44-45H,29-32,34-35H2,1-3H3. The van der Waals surface area contributed by atoms with Crippen LogP contribution in [0, 0.1) is 0 Å². The monoisotopic (exact) mass is 703 g/mol. The topological polar surface area (TPSA) is 48.0 Å². The zero-order valence-corrected chi connectivity index (χ0v) is 31.0. The lowest BCUT2D eigenvalue weighted by molar-refractivity contribution is -0.0359. The van der Waals surface area contributed by atoms with Crippen LogP contribution >= 0.6 is 0 Å². The van der Waals surface area contributed by atoms with E-state index in [0.717, 1.165) is 35.1 Å². The molecule has 0 saturated carbocycles. The molecule has 6 aromatic carbocycles. The molecule has 0 aliphatic carbocycles. The molecule has 6 aromatic rings. The maximum absolute atomic E-state index is 13.1. The first-order valence-corrected chi connectivity index (χ1v) is 18.8. The van der Waals surface area contributed by atoms with Crippen LogP contribution in [0.1, 0.15) is 66.5 Å². The van der Waals surface area contributed by atoms with Crippen molar-refractivity contribution in [2.75, 3.05) is 19.7 Å². The Morgan fingerprint density at radius 3 is 1.79 bits per heavy atom. The minimum Gasteiger partial charge on any atom is -0.444 e. The molecular weight excluding hydrogens is 655 g/mol. The van der Waals surface area contributed by atoms with Gasteiger partial charge in [0.2, 0.25) is 0 Å². The molecule has 0 N–H and O–H groups in total. The summed E-state index contributed by atoms with van der Waals surface area (Å²) >= 11 is 0. The highest BCUT2D eigenvalue weighted by molar-refractivity contribution is 5.83. The van der Waals surface area contributed by atoms with Gasteiger partial charge in [0.25, 0.3) is 0 Å². The normalized spacial score (nSPS) is 16.4. The average Bonchev–Trinajstić information content (AvgIpc) is 3.19. The molecule has 1 heterocycles. The number of benzene rings is 6. The second-order valence-electron chi connectivity index (χ2n) is 15.0. The Morgan fingerprint density at radius 1 is 0.660 bits per heavy atom. The van der Waals surface area contributed by atoms with Crippen LogP contribution in [0.25, 0.3) is 10.8 Å². The molecule has 0 spiro atoms. The second kappa shape index (κ2) is 16.2. The van der Waals surface area contributed by atoms with Crippen LogP contribution in [-0.4, -0.2) is 42.4 Å². The van der Waals surface area contributed by atoms with Crippen molar-refractivity contribution in [1.29, 1.82) is 0 Å². The Balaban J connectivity index is 1.08. The fourth-order valence-corrected chi connectivity index (χ4v) is 7.51. The minimum absolute atomic E-state index is 0.140. The van der Waals surface area contributed by atoms with Crippen LogP contribution in [0.4, 0.5) is 4.79 Å². The zero-order chi connectivity index (χ0) is 36.7. The van der Waals surface area contributed by atoms with Gasteiger partial charge in [0.1, 0.15) is 11.2 Å². The average molecular weight is 704 g/mol. The van der Waals surface area contributed by atoms with Gasteiger partial charge in [0.15, 0.2) is 0 Å². The van der Waals surface area contributed by atoms with E-state index in [1.807, 2.05) is 39.0 Å². The summed E-state index contributed by atoms with van der Waals surface area (Å²) in [6.45, 7) is 7.81. The van der Waals surface area contributed by atoms with Crippen molar-refractivity contribution in [1.82, 2.24) is 4.90 Å². The van der Waals surface area contributed by atoms with E-state index in [9.17, 15) is 4.79 Å². The molecule has 270 valence electrons. The van der Waals surface area contributed by atoms with Gasteiger partial charge >= 0.3 is 6.09 Å². The molecule has 1 fully saturated rings. The van der Waals surface area contributed by atoms with Crippen LogP contribution in [0.3, 0.4) is 0 Å². The largest absolute Gasteiger partial charge is 0.444 e. The third-order valence-electron chi connectivity index (χ3n) is 10.1. The number of rotatable bonds is 11. The third kappa shape index (κ3) is 8.54. The van der Waals surface area contributed by atoms with Crippen molar-refractivity contribution < 1.29 is 19.0 Å². The van der Waals surface area contributed by atoms with Crippen LogP contribution < -0.4 is 0 Å². The highest BCUT2D eigenvalue weighted by Gasteiger charge is 2.38. The van der Waals surface area contributed by atoms with Crippen molar-refractivity contribution in [3.8, 4) is 0 Å². The molecule has 1 aliphatic rings. The number of amides is 1. The van der Waals surface area contributed by atoms with Gasteiger partial charge in [-0.3, -0.25) is 0 Å². The van der Waals surface area contributed by atoms with Crippen LogP contribution in [0.2, 0.25) is 0 Å². The Hall–Kier alpha value is -5.23. The molecule has 5 nitrogen and oxygen atoms in total. The summed E-state index contributed by atoms with van der Waals surface area (Å²) in [4.78, 5) is 14.9. The van der Waals surface area contributed by atoms with E-state index in [-0.39, 0.29) is 18.1 Å². The first kappa shape index (κ1) is 36.1. The van der Waals surface area contributed by atoms with Crippen LogP contribution in [-0.2, 0) is 32.8 Å². The molecule has 2 atom stereocenters. The zero-order valence-electron chi connectivity index (χ0n) is 31.0. The van der Waals surface area contributed by atoms with Crippen molar-refractivity contribution in [2.24, 2.45) is 0 Å². The van der Waals surface area contributed by atoms with Gasteiger partial charge < -0.3 is 19.1 Å². The van der Waals surface area contributed by atoms with Crippen LogP contribution in [0.15, 0.2) is 158 Å². The fraction of sp³-hybridized carbons (Fsp3) is 0.271. The van der Waals surface area contributed by atoms with Gasteiger partial charge in [-0.05, 0) is 83.8 Å². The van der Waals surface area contributed by atoms with Gasteiger partial charge in [-0.1, -0.05) is 152 Å². The summed E-state index contributed by atoms with van der Waals surface area (Å²) in [5, 5.41) is 2.40. The summed E-state index contributed by atoms with van der Waals surface area (Å²) in [5.41, 5.74) is 5.52. The maximum atomic E-state index is 13.1. The van der Waals surface area contributed by atoms with Crippen molar-refractivity contribution in [3.05, 3.63) is 191 Å². The predicted molar refractivity (Wildman–Crippen MR) is 213 cm³/mol. The molecule has 0 radical (unpaired) electrons. The number of likely N-dealkylation sites (tertiary alicyclic amines) is 1. The smallest absolute Gasteiger partial charge is 0.410 e.